The molecule has 13 heteroatoms. The van der Waals surface area contributed by atoms with Gasteiger partial charge in [-0.25, -0.2) is 18.2 Å². The first-order valence-electron chi connectivity index (χ1n) is 14.4. The highest BCUT2D eigenvalue weighted by molar-refractivity contribution is 7.89. The fraction of sp³-hybridized carbons (Fsp3) is 0.452. The van der Waals surface area contributed by atoms with Gasteiger partial charge in [-0.05, 0) is 83.7 Å². The van der Waals surface area contributed by atoms with E-state index in [0.29, 0.717) is 36.1 Å². The number of hydrogen-bond donors (Lipinski definition) is 2. The van der Waals surface area contributed by atoms with Crippen LogP contribution in [0.4, 0.5) is 4.79 Å². The molecule has 1 aromatic heterocycles. The van der Waals surface area contributed by atoms with Crippen molar-refractivity contribution in [2.45, 2.75) is 90.1 Å². The molecular formula is C31H38Cl2N4O6S. The average Bonchev–Trinajstić information content (AvgIpc) is 3.43. The van der Waals surface area contributed by atoms with E-state index in [2.05, 4.69) is 15.6 Å². The number of carbonyl (C=O) groups is 2. The van der Waals surface area contributed by atoms with Gasteiger partial charge in [0.05, 0.1) is 5.02 Å². The van der Waals surface area contributed by atoms with Gasteiger partial charge in [-0.3, -0.25) is 4.79 Å². The molecule has 238 valence electrons. The molecule has 0 saturated carbocycles. The van der Waals surface area contributed by atoms with Crippen molar-refractivity contribution < 1.29 is 27.5 Å². The van der Waals surface area contributed by atoms with Crippen LogP contribution in [0.25, 0.3) is 10.9 Å². The Kier molecular flexibility index (Phi) is 10.3. The molecule has 1 saturated heterocycles. The summed E-state index contributed by atoms with van der Waals surface area (Å²) in [6, 6.07) is 9.38. The number of ether oxygens (including phenoxy) is 2. The summed E-state index contributed by atoms with van der Waals surface area (Å²) in [4.78, 5) is 30.0. The van der Waals surface area contributed by atoms with E-state index >= 15 is 0 Å². The van der Waals surface area contributed by atoms with Crippen molar-refractivity contribution in [1.82, 2.24) is 19.9 Å². The molecule has 4 rings (SSSR count). The number of para-hydroxylation sites is 1. The van der Waals surface area contributed by atoms with E-state index in [1.807, 2.05) is 32.0 Å². The predicted molar refractivity (Wildman–Crippen MR) is 171 cm³/mol. The fourth-order valence-corrected chi connectivity index (χ4v) is 7.62. The number of pyridine rings is 1. The SMILES string of the molecule is CCC(NC(=O)OC(C)(C)C)NC(=O)[C@@H]1CCCN1S(=O)(=O)c1ccc(Cl)c(COc2cccc3c(C)cc(C)nc23)c1Cl. The van der Waals surface area contributed by atoms with Gasteiger partial charge < -0.3 is 20.1 Å². The molecule has 44 heavy (non-hydrogen) atoms. The first-order valence-corrected chi connectivity index (χ1v) is 16.6. The summed E-state index contributed by atoms with van der Waals surface area (Å²) in [5, 5.41) is 6.45. The summed E-state index contributed by atoms with van der Waals surface area (Å²) < 4.78 is 40.4. The number of fused-ring (bicyclic) bond motifs is 1. The number of carbonyl (C=O) groups excluding carboxylic acids is 2. The number of benzene rings is 2. The van der Waals surface area contributed by atoms with Crippen LogP contribution in [-0.4, -0.2) is 54.1 Å². The molecular weight excluding hydrogens is 627 g/mol. The Labute approximate surface area is 268 Å². The summed E-state index contributed by atoms with van der Waals surface area (Å²) in [6.07, 6.45) is -0.291. The maximum Gasteiger partial charge on any atom is 0.409 e. The second kappa shape index (κ2) is 13.5. The van der Waals surface area contributed by atoms with Crippen LogP contribution in [0.3, 0.4) is 0 Å². The fourth-order valence-electron chi connectivity index (χ4n) is 5.10. The normalized spacial score (nSPS) is 16.5. The first-order chi connectivity index (χ1) is 20.6. The van der Waals surface area contributed by atoms with Gasteiger partial charge in [-0.2, -0.15) is 4.31 Å². The molecule has 3 aromatic rings. The minimum atomic E-state index is -4.22. The number of sulfonamides is 1. The summed E-state index contributed by atoms with van der Waals surface area (Å²) >= 11 is 13.2. The zero-order valence-electron chi connectivity index (χ0n) is 25.7. The highest BCUT2D eigenvalue weighted by Gasteiger charge is 2.41. The van der Waals surface area contributed by atoms with Crippen LogP contribution in [-0.2, 0) is 26.2 Å². The number of amides is 2. The monoisotopic (exact) mass is 664 g/mol. The minimum Gasteiger partial charge on any atom is -0.487 e. The van der Waals surface area contributed by atoms with Crippen molar-refractivity contribution in [2.24, 2.45) is 0 Å². The van der Waals surface area contributed by atoms with Crippen LogP contribution in [0.1, 0.15) is 63.8 Å². The van der Waals surface area contributed by atoms with Crippen molar-refractivity contribution >= 4 is 56.1 Å². The van der Waals surface area contributed by atoms with Gasteiger partial charge in [0.2, 0.25) is 15.9 Å². The molecule has 2 aromatic carbocycles. The maximum atomic E-state index is 13.9. The second-order valence-electron chi connectivity index (χ2n) is 11.7. The Morgan fingerprint density at radius 1 is 1.14 bits per heavy atom. The Morgan fingerprint density at radius 2 is 1.86 bits per heavy atom. The molecule has 2 N–H and O–H groups in total. The summed E-state index contributed by atoms with van der Waals surface area (Å²) in [5.74, 6) is -0.0203. The van der Waals surface area contributed by atoms with Gasteiger partial charge in [-0.1, -0.05) is 42.3 Å². The van der Waals surface area contributed by atoms with E-state index in [9.17, 15) is 18.0 Å². The van der Waals surface area contributed by atoms with Crippen molar-refractivity contribution in [3.63, 3.8) is 0 Å². The number of alkyl carbamates (subject to hydrolysis) is 1. The topological polar surface area (TPSA) is 127 Å². The van der Waals surface area contributed by atoms with Crippen LogP contribution >= 0.6 is 23.2 Å². The molecule has 2 atom stereocenters. The first kappa shape index (κ1) is 33.8. The summed E-state index contributed by atoms with van der Waals surface area (Å²) in [5.41, 5.74) is 2.15. The van der Waals surface area contributed by atoms with Gasteiger partial charge in [0.25, 0.3) is 0 Å². The van der Waals surface area contributed by atoms with Gasteiger partial charge in [0.15, 0.2) is 0 Å². The van der Waals surface area contributed by atoms with Gasteiger partial charge in [0, 0.05) is 28.2 Å². The van der Waals surface area contributed by atoms with E-state index in [0.717, 1.165) is 20.9 Å². The van der Waals surface area contributed by atoms with Crippen molar-refractivity contribution in [2.75, 3.05) is 6.54 Å². The molecule has 2 heterocycles. The summed E-state index contributed by atoms with van der Waals surface area (Å²) in [6.45, 7) is 10.9. The Balaban J connectivity index is 1.55. The molecule has 10 nitrogen and oxygen atoms in total. The van der Waals surface area contributed by atoms with Gasteiger partial charge in [-0.15, -0.1) is 0 Å². The quantitative estimate of drug-likeness (QED) is 0.258. The molecule has 1 unspecified atom stereocenters. The molecule has 1 aliphatic rings. The lowest BCUT2D eigenvalue weighted by molar-refractivity contribution is -0.125. The zero-order chi connectivity index (χ0) is 32.4. The molecule has 0 spiro atoms. The second-order valence-corrected chi connectivity index (χ2v) is 14.4. The third kappa shape index (κ3) is 7.56. The smallest absolute Gasteiger partial charge is 0.409 e. The number of aromatic nitrogens is 1. The van der Waals surface area contributed by atoms with Crippen molar-refractivity contribution in [1.29, 1.82) is 0 Å². The Bertz CT molecular complexity index is 1680. The molecule has 1 aliphatic heterocycles. The third-order valence-electron chi connectivity index (χ3n) is 7.17. The lowest BCUT2D eigenvalue weighted by Gasteiger charge is -2.27. The summed E-state index contributed by atoms with van der Waals surface area (Å²) in [7, 11) is -4.22. The number of aryl methyl sites for hydroxylation is 2. The predicted octanol–water partition coefficient (Wildman–Crippen LogP) is 6.27. The number of nitrogens with one attached hydrogen (secondary N) is 2. The number of rotatable bonds is 9. The number of hydrogen-bond acceptors (Lipinski definition) is 7. The molecule has 0 bridgehead atoms. The third-order valence-corrected chi connectivity index (χ3v) is 10.0. The average molecular weight is 666 g/mol. The standard InChI is InChI=1S/C31H38Cl2N4O6S/c1-7-26(36-30(39)43-31(4,5)6)35-29(38)23-11-9-15-37(23)44(40,41)25-14-13-22(32)21(27(25)33)17-42-24-12-8-10-20-18(2)16-19(3)34-28(20)24/h8,10,12-14,16,23,26H,7,9,11,15,17H2,1-6H3,(H,35,38)(H,36,39)/t23-,26?/m0/s1. The van der Waals surface area contributed by atoms with Crippen LogP contribution in [0.5, 0.6) is 5.75 Å². The van der Waals surface area contributed by atoms with Crippen LogP contribution in [0.2, 0.25) is 10.0 Å². The van der Waals surface area contributed by atoms with Crippen LogP contribution in [0.15, 0.2) is 41.3 Å². The Morgan fingerprint density at radius 3 is 2.55 bits per heavy atom. The molecule has 2 amide bonds. The molecule has 0 radical (unpaired) electrons. The van der Waals surface area contributed by atoms with E-state index < -0.39 is 39.8 Å². The lowest BCUT2D eigenvalue weighted by atomic mass is 10.1. The zero-order valence-corrected chi connectivity index (χ0v) is 28.0. The number of nitrogens with zero attached hydrogens (tertiary/aromatic N) is 2. The minimum absolute atomic E-state index is 0.0813. The Hall–Kier alpha value is -3.12. The van der Waals surface area contributed by atoms with E-state index in [1.165, 1.54) is 12.1 Å². The van der Waals surface area contributed by atoms with E-state index in [4.69, 9.17) is 32.7 Å². The van der Waals surface area contributed by atoms with Crippen molar-refractivity contribution in [3.05, 3.63) is 63.3 Å². The maximum absolute atomic E-state index is 13.9. The highest BCUT2D eigenvalue weighted by atomic mass is 35.5. The lowest BCUT2D eigenvalue weighted by Crippen LogP contribution is -2.54. The van der Waals surface area contributed by atoms with Crippen molar-refractivity contribution in [3.8, 4) is 5.75 Å². The van der Waals surface area contributed by atoms with E-state index in [1.54, 1.807) is 33.8 Å². The molecule has 1 fully saturated rings. The van der Waals surface area contributed by atoms with E-state index in [-0.39, 0.29) is 28.1 Å². The van der Waals surface area contributed by atoms with Crippen LogP contribution < -0.4 is 15.4 Å². The largest absolute Gasteiger partial charge is 0.487 e. The molecule has 0 aliphatic carbocycles. The van der Waals surface area contributed by atoms with Crippen LogP contribution in [0, 0.1) is 13.8 Å². The number of halogens is 2. The van der Waals surface area contributed by atoms with Gasteiger partial charge >= 0.3 is 6.09 Å². The van der Waals surface area contributed by atoms with Gasteiger partial charge in [0.1, 0.15) is 40.6 Å². The highest BCUT2D eigenvalue weighted by Crippen LogP contribution is 2.36.